The zero-order chi connectivity index (χ0) is 8.43. The average Bonchev–Trinajstić information content (AvgIpc) is 1.94. The van der Waals surface area contributed by atoms with Gasteiger partial charge in [-0.15, -0.1) is 12.4 Å². The van der Waals surface area contributed by atoms with E-state index in [1.165, 1.54) is 0 Å². The summed E-state index contributed by atoms with van der Waals surface area (Å²) >= 11 is 0. The lowest BCUT2D eigenvalue weighted by Crippen LogP contribution is -2.19. The van der Waals surface area contributed by atoms with E-state index in [1.807, 2.05) is 0 Å². The van der Waals surface area contributed by atoms with Crippen LogP contribution in [0.1, 0.15) is 18.5 Å². The molecular formula is C7H10ClFN2O. The number of hydrogen-bond donors (Lipinski definition) is 2. The fraction of sp³-hybridized carbons (Fsp3) is 0.286. The van der Waals surface area contributed by atoms with Crippen molar-refractivity contribution in [2.75, 3.05) is 0 Å². The number of rotatable bonds is 1. The van der Waals surface area contributed by atoms with Gasteiger partial charge in [0, 0.05) is 17.8 Å². The molecule has 1 heterocycles. The van der Waals surface area contributed by atoms with Crippen LogP contribution in [-0.4, -0.2) is 4.98 Å². The summed E-state index contributed by atoms with van der Waals surface area (Å²) < 4.78 is 12.5. The molecule has 12 heavy (non-hydrogen) atoms. The number of pyridine rings is 1. The Morgan fingerprint density at radius 2 is 2.25 bits per heavy atom. The molecule has 3 N–H and O–H groups in total. The van der Waals surface area contributed by atoms with E-state index in [0.717, 1.165) is 12.3 Å². The number of hydrogen-bond acceptors (Lipinski definition) is 2. The van der Waals surface area contributed by atoms with Crippen LogP contribution in [0.3, 0.4) is 0 Å². The first kappa shape index (κ1) is 11.1. The lowest BCUT2D eigenvalue weighted by molar-refractivity contribution is 0.612. The van der Waals surface area contributed by atoms with Crippen LogP contribution in [0.2, 0.25) is 0 Å². The van der Waals surface area contributed by atoms with Crippen LogP contribution < -0.4 is 11.3 Å². The molecular weight excluding hydrogens is 183 g/mol. The van der Waals surface area contributed by atoms with E-state index < -0.39 is 11.9 Å². The molecule has 0 aliphatic heterocycles. The smallest absolute Gasteiger partial charge is 0.252 e. The Hall–Kier alpha value is -0.870. The first-order valence-electron chi connectivity index (χ1n) is 3.25. The minimum absolute atomic E-state index is 0. The van der Waals surface area contributed by atoms with Gasteiger partial charge in [0.25, 0.3) is 5.56 Å². The maximum absolute atomic E-state index is 12.5. The molecule has 0 aliphatic rings. The summed E-state index contributed by atoms with van der Waals surface area (Å²) in [5.41, 5.74) is 5.33. The van der Waals surface area contributed by atoms with Crippen LogP contribution in [-0.2, 0) is 0 Å². The van der Waals surface area contributed by atoms with Crippen LogP contribution in [0.25, 0.3) is 0 Å². The highest BCUT2D eigenvalue weighted by atomic mass is 35.5. The first-order valence-corrected chi connectivity index (χ1v) is 3.25. The molecule has 5 heteroatoms. The molecule has 0 aliphatic carbocycles. The molecule has 1 atom stereocenters. The minimum Gasteiger partial charge on any atom is -0.326 e. The van der Waals surface area contributed by atoms with Crippen molar-refractivity contribution in [1.29, 1.82) is 0 Å². The summed E-state index contributed by atoms with van der Waals surface area (Å²) in [6.07, 6.45) is 1.01. The molecule has 1 rings (SSSR count). The monoisotopic (exact) mass is 192 g/mol. The van der Waals surface area contributed by atoms with Crippen molar-refractivity contribution in [3.05, 3.63) is 34.0 Å². The van der Waals surface area contributed by atoms with Gasteiger partial charge in [-0.2, -0.15) is 0 Å². The summed E-state index contributed by atoms with van der Waals surface area (Å²) in [6.45, 7) is 1.63. The second-order valence-corrected chi connectivity index (χ2v) is 2.39. The van der Waals surface area contributed by atoms with Crippen LogP contribution in [0.5, 0.6) is 0 Å². The third-order valence-corrected chi connectivity index (χ3v) is 1.39. The molecule has 1 aromatic heterocycles. The second-order valence-electron chi connectivity index (χ2n) is 2.39. The van der Waals surface area contributed by atoms with Gasteiger partial charge in [-0.25, -0.2) is 4.39 Å². The summed E-state index contributed by atoms with van der Waals surface area (Å²) in [6, 6.07) is 0.707. The number of aromatic amines is 1. The fourth-order valence-corrected chi connectivity index (χ4v) is 0.812. The van der Waals surface area contributed by atoms with E-state index >= 15 is 0 Å². The van der Waals surface area contributed by atoms with Gasteiger partial charge in [0.1, 0.15) is 5.82 Å². The van der Waals surface area contributed by atoms with Gasteiger partial charge in [0.2, 0.25) is 0 Å². The van der Waals surface area contributed by atoms with E-state index in [9.17, 15) is 9.18 Å². The molecule has 0 saturated heterocycles. The summed E-state index contributed by atoms with van der Waals surface area (Å²) in [4.78, 5) is 13.1. The zero-order valence-corrected chi connectivity index (χ0v) is 7.32. The van der Waals surface area contributed by atoms with Crippen molar-refractivity contribution < 1.29 is 4.39 Å². The van der Waals surface area contributed by atoms with E-state index in [1.54, 1.807) is 6.92 Å². The molecule has 0 saturated carbocycles. The SMILES string of the molecule is C[C@@H](N)c1cc(F)c[nH]c1=O.Cl. The molecule has 0 amide bonds. The highest BCUT2D eigenvalue weighted by Gasteiger charge is 2.04. The molecule has 0 fully saturated rings. The maximum atomic E-state index is 12.5. The van der Waals surface area contributed by atoms with E-state index in [4.69, 9.17) is 5.73 Å². The van der Waals surface area contributed by atoms with Gasteiger partial charge < -0.3 is 10.7 Å². The number of nitrogens with two attached hydrogens (primary N) is 1. The Labute approximate surface area is 75.2 Å². The molecule has 0 radical (unpaired) electrons. The average molecular weight is 193 g/mol. The predicted octanol–water partition coefficient (Wildman–Crippen LogP) is 0.956. The predicted molar refractivity (Wildman–Crippen MR) is 46.9 cm³/mol. The number of nitrogens with one attached hydrogen (secondary N) is 1. The molecule has 0 unspecified atom stereocenters. The van der Waals surface area contributed by atoms with Crippen molar-refractivity contribution in [2.45, 2.75) is 13.0 Å². The first-order chi connectivity index (χ1) is 5.11. The molecule has 0 aromatic carbocycles. The van der Waals surface area contributed by atoms with Crippen molar-refractivity contribution in [1.82, 2.24) is 4.98 Å². The molecule has 68 valence electrons. The quantitative estimate of drug-likeness (QED) is 0.696. The van der Waals surface area contributed by atoms with Crippen LogP contribution >= 0.6 is 12.4 Å². The van der Waals surface area contributed by atoms with Crippen LogP contribution in [0, 0.1) is 5.82 Å². The molecule has 0 bridgehead atoms. The number of aromatic nitrogens is 1. The number of halogens is 2. The Balaban J connectivity index is 0.00000121. The summed E-state index contributed by atoms with van der Waals surface area (Å²) in [5, 5.41) is 0. The van der Waals surface area contributed by atoms with E-state index in [0.29, 0.717) is 0 Å². The number of H-pyrrole nitrogens is 1. The molecule has 0 spiro atoms. The standard InChI is InChI=1S/C7H9FN2O.ClH/c1-4(9)6-2-5(8)3-10-7(6)11;/h2-4H,9H2,1H3,(H,10,11);1H/t4-;/m1./s1. The van der Waals surface area contributed by atoms with Gasteiger partial charge in [-0.3, -0.25) is 4.79 Å². The van der Waals surface area contributed by atoms with Gasteiger partial charge in [-0.05, 0) is 13.0 Å². The lowest BCUT2D eigenvalue weighted by Gasteiger charge is -2.02. The Kier molecular flexibility index (Phi) is 3.92. The third kappa shape index (κ3) is 2.32. The van der Waals surface area contributed by atoms with Crippen molar-refractivity contribution in [3.63, 3.8) is 0 Å². The fourth-order valence-electron chi connectivity index (χ4n) is 0.812. The molecule has 3 nitrogen and oxygen atoms in total. The van der Waals surface area contributed by atoms with Crippen molar-refractivity contribution in [3.8, 4) is 0 Å². The largest absolute Gasteiger partial charge is 0.326 e. The second kappa shape index (κ2) is 4.23. The summed E-state index contributed by atoms with van der Waals surface area (Å²) in [7, 11) is 0. The van der Waals surface area contributed by atoms with Crippen molar-refractivity contribution >= 4 is 12.4 Å². The van der Waals surface area contributed by atoms with Gasteiger partial charge >= 0.3 is 0 Å². The Bertz CT molecular complexity index is 311. The third-order valence-electron chi connectivity index (χ3n) is 1.39. The summed E-state index contributed by atoms with van der Waals surface area (Å²) in [5.74, 6) is -0.475. The molecule has 1 aromatic rings. The van der Waals surface area contributed by atoms with E-state index in [-0.39, 0.29) is 23.5 Å². The van der Waals surface area contributed by atoms with Crippen LogP contribution in [0.4, 0.5) is 4.39 Å². The highest BCUT2D eigenvalue weighted by Crippen LogP contribution is 2.03. The van der Waals surface area contributed by atoms with Gasteiger partial charge in [0.05, 0.1) is 0 Å². The highest BCUT2D eigenvalue weighted by molar-refractivity contribution is 5.85. The lowest BCUT2D eigenvalue weighted by atomic mass is 10.1. The van der Waals surface area contributed by atoms with Crippen molar-refractivity contribution in [2.24, 2.45) is 5.73 Å². The topological polar surface area (TPSA) is 58.9 Å². The Morgan fingerprint density at radius 1 is 1.67 bits per heavy atom. The zero-order valence-electron chi connectivity index (χ0n) is 6.50. The maximum Gasteiger partial charge on any atom is 0.252 e. The van der Waals surface area contributed by atoms with Gasteiger partial charge in [0.15, 0.2) is 0 Å². The Morgan fingerprint density at radius 3 is 2.67 bits per heavy atom. The van der Waals surface area contributed by atoms with E-state index in [2.05, 4.69) is 4.98 Å². The minimum atomic E-state index is -0.475. The normalized spacial score (nSPS) is 11.9. The van der Waals surface area contributed by atoms with Gasteiger partial charge in [-0.1, -0.05) is 0 Å². The van der Waals surface area contributed by atoms with Crippen LogP contribution in [0.15, 0.2) is 17.1 Å².